The minimum absolute atomic E-state index is 0.111. The van der Waals surface area contributed by atoms with E-state index in [0.717, 1.165) is 12.1 Å². The molecule has 5 heteroatoms. The first-order valence-corrected chi connectivity index (χ1v) is 4.88. The predicted molar refractivity (Wildman–Crippen MR) is 53.0 cm³/mol. The highest BCUT2D eigenvalue weighted by atomic mass is 19.2. The number of halogens is 3. The summed E-state index contributed by atoms with van der Waals surface area (Å²) in [7, 11) is 0. The molecule has 88 valence electrons. The Balaban J connectivity index is 2.93. The molecule has 1 unspecified atom stereocenters. The van der Waals surface area contributed by atoms with Crippen molar-refractivity contribution in [3.8, 4) is 0 Å². The van der Waals surface area contributed by atoms with Gasteiger partial charge in [0.05, 0.1) is 0 Å². The van der Waals surface area contributed by atoms with Crippen LogP contribution in [0.15, 0.2) is 12.1 Å². The quantitative estimate of drug-likeness (QED) is 0.793. The van der Waals surface area contributed by atoms with Crippen LogP contribution >= 0.6 is 0 Å². The third-order valence-electron chi connectivity index (χ3n) is 2.42. The van der Waals surface area contributed by atoms with Gasteiger partial charge in [0.25, 0.3) is 0 Å². The molecule has 2 N–H and O–H groups in total. The summed E-state index contributed by atoms with van der Waals surface area (Å²) in [6, 6.07) is 1.76. The summed E-state index contributed by atoms with van der Waals surface area (Å²) < 4.78 is 38.4. The van der Waals surface area contributed by atoms with Crippen molar-refractivity contribution in [1.29, 1.82) is 0 Å². The van der Waals surface area contributed by atoms with Gasteiger partial charge in [-0.2, -0.15) is 0 Å². The van der Waals surface area contributed by atoms with Crippen molar-refractivity contribution >= 4 is 5.91 Å². The Hall–Kier alpha value is -1.52. The maximum absolute atomic E-state index is 12.9. The Morgan fingerprint density at radius 3 is 2.19 bits per heavy atom. The molecule has 0 aliphatic rings. The molecule has 1 aromatic carbocycles. The minimum Gasteiger partial charge on any atom is -0.369 e. The molecule has 0 radical (unpaired) electrons. The fourth-order valence-electron chi connectivity index (χ4n) is 1.46. The Morgan fingerprint density at radius 1 is 1.31 bits per heavy atom. The average molecular weight is 231 g/mol. The molecule has 0 spiro atoms. The van der Waals surface area contributed by atoms with Gasteiger partial charge in [-0.15, -0.1) is 0 Å². The standard InChI is InChI=1S/C11H12F3NO/c1-2-7(11(15)16)3-6-4-8(12)10(14)9(13)5-6/h4-5,7H,2-3H2,1H3,(H2,15,16). The van der Waals surface area contributed by atoms with E-state index in [0.29, 0.717) is 6.42 Å². The Kier molecular flexibility index (Phi) is 3.93. The van der Waals surface area contributed by atoms with Crippen molar-refractivity contribution < 1.29 is 18.0 Å². The average Bonchev–Trinajstić information content (AvgIpc) is 2.21. The third kappa shape index (κ3) is 2.74. The Labute approximate surface area is 91.3 Å². The number of rotatable bonds is 4. The second-order valence-electron chi connectivity index (χ2n) is 3.59. The molecule has 0 aromatic heterocycles. The number of nitrogens with two attached hydrogens (primary N) is 1. The number of benzene rings is 1. The molecule has 0 fully saturated rings. The second kappa shape index (κ2) is 5.01. The van der Waals surface area contributed by atoms with Gasteiger partial charge in [0.15, 0.2) is 17.5 Å². The molecule has 0 aliphatic heterocycles. The second-order valence-corrected chi connectivity index (χ2v) is 3.59. The number of carbonyl (C=O) groups excluding carboxylic acids is 1. The minimum atomic E-state index is -1.50. The molecule has 0 heterocycles. The Morgan fingerprint density at radius 2 is 1.81 bits per heavy atom. The highest BCUT2D eigenvalue weighted by molar-refractivity contribution is 5.76. The summed E-state index contributed by atoms with van der Waals surface area (Å²) in [5.74, 6) is -5.04. The van der Waals surface area contributed by atoms with Crippen LogP contribution in [0.25, 0.3) is 0 Å². The van der Waals surface area contributed by atoms with Crippen LogP contribution in [0.2, 0.25) is 0 Å². The number of amides is 1. The molecule has 2 nitrogen and oxygen atoms in total. The normalized spacial score (nSPS) is 12.5. The first-order valence-electron chi connectivity index (χ1n) is 4.88. The topological polar surface area (TPSA) is 43.1 Å². The molecule has 1 rings (SSSR count). The van der Waals surface area contributed by atoms with Crippen LogP contribution in [0.1, 0.15) is 18.9 Å². The first kappa shape index (κ1) is 12.5. The summed E-state index contributed by atoms with van der Waals surface area (Å²) in [6.45, 7) is 1.74. The summed E-state index contributed by atoms with van der Waals surface area (Å²) in [4.78, 5) is 10.9. The fraction of sp³-hybridized carbons (Fsp3) is 0.364. The third-order valence-corrected chi connectivity index (χ3v) is 2.42. The van der Waals surface area contributed by atoms with Crippen LogP contribution in [-0.2, 0) is 11.2 Å². The lowest BCUT2D eigenvalue weighted by atomic mass is 9.96. The van der Waals surface area contributed by atoms with Crippen LogP contribution in [0.4, 0.5) is 13.2 Å². The predicted octanol–water partition coefficient (Wildman–Crippen LogP) is 2.16. The highest BCUT2D eigenvalue weighted by Gasteiger charge is 2.16. The van der Waals surface area contributed by atoms with Crippen LogP contribution in [-0.4, -0.2) is 5.91 Å². The van der Waals surface area contributed by atoms with Crippen molar-refractivity contribution in [3.63, 3.8) is 0 Å². The van der Waals surface area contributed by atoms with Gasteiger partial charge in [-0.25, -0.2) is 13.2 Å². The Bertz CT molecular complexity index is 383. The molecule has 1 aromatic rings. The van der Waals surface area contributed by atoms with Gasteiger partial charge in [0.2, 0.25) is 5.91 Å². The van der Waals surface area contributed by atoms with E-state index in [1.54, 1.807) is 6.92 Å². The van der Waals surface area contributed by atoms with E-state index in [1.807, 2.05) is 0 Å². The smallest absolute Gasteiger partial charge is 0.220 e. The van der Waals surface area contributed by atoms with Gasteiger partial charge in [0, 0.05) is 5.92 Å². The van der Waals surface area contributed by atoms with Crippen LogP contribution in [0, 0.1) is 23.4 Å². The van der Waals surface area contributed by atoms with Crippen molar-refractivity contribution in [1.82, 2.24) is 0 Å². The van der Waals surface area contributed by atoms with E-state index in [2.05, 4.69) is 0 Å². The van der Waals surface area contributed by atoms with Crippen molar-refractivity contribution in [3.05, 3.63) is 35.1 Å². The number of carbonyl (C=O) groups is 1. The highest BCUT2D eigenvalue weighted by Crippen LogP contribution is 2.17. The van der Waals surface area contributed by atoms with E-state index < -0.39 is 29.3 Å². The van der Waals surface area contributed by atoms with Crippen molar-refractivity contribution in [2.45, 2.75) is 19.8 Å². The van der Waals surface area contributed by atoms with E-state index >= 15 is 0 Å². The van der Waals surface area contributed by atoms with Crippen molar-refractivity contribution in [2.75, 3.05) is 0 Å². The van der Waals surface area contributed by atoms with Crippen LogP contribution < -0.4 is 5.73 Å². The lowest BCUT2D eigenvalue weighted by Gasteiger charge is -2.10. The van der Waals surface area contributed by atoms with Gasteiger partial charge in [0.1, 0.15) is 0 Å². The van der Waals surface area contributed by atoms with E-state index in [-0.39, 0.29) is 12.0 Å². The lowest BCUT2D eigenvalue weighted by molar-refractivity contribution is -0.121. The van der Waals surface area contributed by atoms with E-state index in [9.17, 15) is 18.0 Å². The van der Waals surface area contributed by atoms with Crippen molar-refractivity contribution in [2.24, 2.45) is 11.7 Å². The number of primary amides is 1. The lowest BCUT2D eigenvalue weighted by Crippen LogP contribution is -2.24. The molecule has 1 amide bonds. The van der Waals surface area contributed by atoms with Gasteiger partial charge in [-0.3, -0.25) is 4.79 Å². The summed E-state index contributed by atoms with van der Waals surface area (Å²) in [5, 5.41) is 0. The summed E-state index contributed by atoms with van der Waals surface area (Å²) >= 11 is 0. The molecule has 0 bridgehead atoms. The zero-order chi connectivity index (χ0) is 12.3. The van der Waals surface area contributed by atoms with Crippen LogP contribution in [0.3, 0.4) is 0 Å². The maximum Gasteiger partial charge on any atom is 0.220 e. The molecule has 1 atom stereocenters. The van der Waals surface area contributed by atoms with Gasteiger partial charge < -0.3 is 5.73 Å². The summed E-state index contributed by atoms with van der Waals surface area (Å²) in [6.07, 6.45) is 0.579. The van der Waals surface area contributed by atoms with E-state index in [4.69, 9.17) is 5.73 Å². The summed E-state index contributed by atoms with van der Waals surface area (Å²) in [5.41, 5.74) is 5.32. The monoisotopic (exact) mass is 231 g/mol. The van der Waals surface area contributed by atoms with E-state index in [1.165, 1.54) is 0 Å². The zero-order valence-electron chi connectivity index (χ0n) is 8.77. The SMILES string of the molecule is CCC(Cc1cc(F)c(F)c(F)c1)C(N)=O. The fourth-order valence-corrected chi connectivity index (χ4v) is 1.46. The first-order chi connectivity index (χ1) is 7.45. The number of hydrogen-bond donors (Lipinski definition) is 1. The molecule has 0 saturated carbocycles. The molecule has 0 aliphatic carbocycles. The number of hydrogen-bond acceptors (Lipinski definition) is 1. The molecule has 16 heavy (non-hydrogen) atoms. The molecule has 0 saturated heterocycles. The van der Waals surface area contributed by atoms with Gasteiger partial charge in [-0.1, -0.05) is 6.92 Å². The maximum atomic E-state index is 12.9. The van der Waals surface area contributed by atoms with Gasteiger partial charge in [-0.05, 0) is 30.5 Å². The molecular weight excluding hydrogens is 219 g/mol. The molecular formula is C11H12F3NO. The zero-order valence-corrected chi connectivity index (χ0v) is 8.77. The van der Waals surface area contributed by atoms with Gasteiger partial charge >= 0.3 is 0 Å². The van der Waals surface area contributed by atoms with Crippen LogP contribution in [0.5, 0.6) is 0 Å². The largest absolute Gasteiger partial charge is 0.369 e.